The molecule has 8 N–H and O–H groups in total. The number of rotatable bonds is 9. The van der Waals surface area contributed by atoms with Gasteiger partial charge in [-0.1, -0.05) is 22.3 Å². The predicted molar refractivity (Wildman–Crippen MR) is 247 cm³/mol. The molecule has 0 radical (unpaired) electrons. The summed E-state index contributed by atoms with van der Waals surface area (Å²) in [6.45, 7) is 0.643. The molecule has 0 fully saturated rings. The van der Waals surface area contributed by atoms with E-state index in [0.717, 1.165) is 22.8 Å². The van der Waals surface area contributed by atoms with Crippen LogP contribution in [0.2, 0.25) is 0 Å². The molecule has 64 heavy (non-hydrogen) atoms. The predicted octanol–water partition coefficient (Wildman–Crippen LogP) is 6.02. The number of pyridine rings is 5. The molecular weight excluding hydrogens is 820 g/mol. The van der Waals surface area contributed by atoms with Gasteiger partial charge in [-0.2, -0.15) is 10.5 Å². The van der Waals surface area contributed by atoms with Crippen LogP contribution in [0.25, 0.3) is 22.8 Å². The van der Waals surface area contributed by atoms with Gasteiger partial charge in [-0.05, 0) is 54.6 Å². The number of oxazole rings is 1. The maximum atomic E-state index is 12.9. The number of nitrogens with zero attached hydrogens (tertiary/aromatic N) is 10. The minimum absolute atomic E-state index is 0. The van der Waals surface area contributed by atoms with Gasteiger partial charge in [-0.3, -0.25) is 19.6 Å². The Balaban J connectivity index is 0.000000521. The molecule has 0 aliphatic rings. The van der Waals surface area contributed by atoms with Crippen molar-refractivity contribution >= 4 is 28.8 Å². The molecule has 7 aromatic heterocycles. The molecule has 0 aliphatic heterocycles. The quantitative estimate of drug-likeness (QED) is 0.0966. The van der Waals surface area contributed by atoms with Crippen LogP contribution in [-0.4, -0.2) is 66.5 Å². The lowest BCUT2D eigenvalue weighted by Gasteiger charge is -2.12. The summed E-state index contributed by atoms with van der Waals surface area (Å²) in [6.07, 6.45) is 10.8. The molecule has 7 rings (SSSR count). The summed E-state index contributed by atoms with van der Waals surface area (Å²) in [4.78, 5) is 53.3. The molecule has 0 atom stereocenters. The van der Waals surface area contributed by atoms with Gasteiger partial charge in [0.25, 0.3) is 5.91 Å². The molecule has 0 aliphatic carbocycles. The smallest absolute Gasteiger partial charge is 0.274 e. The summed E-state index contributed by atoms with van der Waals surface area (Å²) in [5.41, 5.74) is 16.7. The van der Waals surface area contributed by atoms with Crippen molar-refractivity contribution in [2.24, 2.45) is 12.8 Å². The number of halogens is 1. The Bertz CT molecular complexity index is 2660. The summed E-state index contributed by atoms with van der Waals surface area (Å²) in [7, 11) is 7.00. The first-order valence-electron chi connectivity index (χ1n) is 18.1. The first kappa shape index (κ1) is 53.4. The van der Waals surface area contributed by atoms with Crippen molar-refractivity contribution in [1.29, 1.82) is 10.5 Å². The maximum Gasteiger partial charge on any atom is 0.274 e. The SMILES string of the molecule is C.C.C.CNc1cccnc1C#N.CNc1cccnc1CN.CNc1cccnc1CNC(=O)c1nc(-c2ccc(=O)n(C)c2)c(-c2ncco2)nc1N.N#Cc1ncccc1F. The van der Waals surface area contributed by atoms with Gasteiger partial charge in [0.15, 0.2) is 34.4 Å². The lowest BCUT2D eigenvalue weighted by molar-refractivity contribution is 0.0946. The summed E-state index contributed by atoms with van der Waals surface area (Å²) >= 11 is 0. The van der Waals surface area contributed by atoms with Crippen LogP contribution in [0.3, 0.4) is 0 Å². The highest BCUT2D eigenvalue weighted by Gasteiger charge is 2.22. The van der Waals surface area contributed by atoms with Crippen LogP contribution in [0.4, 0.5) is 27.3 Å². The van der Waals surface area contributed by atoms with Crippen LogP contribution in [0.5, 0.6) is 0 Å². The van der Waals surface area contributed by atoms with Crippen molar-refractivity contribution in [1.82, 2.24) is 44.8 Å². The number of anilines is 4. The molecule has 20 heteroatoms. The van der Waals surface area contributed by atoms with E-state index in [-0.39, 0.29) is 63.2 Å². The fourth-order valence-electron chi connectivity index (χ4n) is 5.09. The normalized spacial score (nSPS) is 9.31. The second-order valence-corrected chi connectivity index (χ2v) is 11.9. The van der Waals surface area contributed by atoms with Crippen LogP contribution in [0, 0.1) is 28.5 Å². The number of amides is 1. The third kappa shape index (κ3) is 14.5. The zero-order valence-electron chi connectivity index (χ0n) is 33.5. The van der Waals surface area contributed by atoms with Crippen molar-refractivity contribution in [2.45, 2.75) is 35.4 Å². The largest absolute Gasteiger partial charge is 0.443 e. The molecular formula is C44H53FN16O3. The van der Waals surface area contributed by atoms with Crippen LogP contribution < -0.4 is 38.3 Å². The van der Waals surface area contributed by atoms with E-state index in [1.165, 1.54) is 41.4 Å². The van der Waals surface area contributed by atoms with Crippen LogP contribution in [0.15, 0.2) is 113 Å². The van der Waals surface area contributed by atoms with E-state index in [0.29, 0.717) is 29.2 Å². The molecule has 19 nitrogen and oxygen atoms in total. The van der Waals surface area contributed by atoms with E-state index >= 15 is 0 Å². The highest BCUT2D eigenvalue weighted by Crippen LogP contribution is 2.29. The lowest BCUT2D eigenvalue weighted by atomic mass is 10.1. The number of nitrogens with two attached hydrogens (primary N) is 2. The van der Waals surface area contributed by atoms with Gasteiger partial charge in [-0.15, -0.1) is 0 Å². The Morgan fingerprint density at radius 2 is 1.31 bits per heavy atom. The lowest BCUT2D eigenvalue weighted by Crippen LogP contribution is -2.26. The first-order valence-corrected chi connectivity index (χ1v) is 18.1. The van der Waals surface area contributed by atoms with Crippen LogP contribution >= 0.6 is 0 Å². The minimum Gasteiger partial charge on any atom is -0.443 e. The molecule has 0 unspecified atom stereocenters. The molecule has 7 heterocycles. The van der Waals surface area contributed by atoms with Gasteiger partial charge in [0.1, 0.15) is 24.1 Å². The van der Waals surface area contributed by atoms with E-state index in [1.54, 1.807) is 70.2 Å². The standard InChI is InChI=1S/C21H20N8O3.C7H11N3.C7H7N3.C6H3FN2.3CH4/c1-23-13-4-3-7-24-14(13)10-26-20(31)18-19(22)28-17(21-25-8-9-32-21)16(27-18)12-5-6-15(30)29(2)11-12;2*1-9-6-3-2-4-10-7(6)5-8;7-5-2-1-3-9-6(5)4-8;;;/h3-9,11,23H,10H2,1-2H3,(H2,22,28)(H,26,31);2-4,9H,5,8H2,1H3;2-4,9H,1H3;1-3H;3*1H4. The Hall–Kier alpha value is -8.62. The number of nitriles is 2. The number of aromatic nitrogens is 8. The number of hydrogen-bond acceptors (Lipinski definition) is 17. The number of aryl methyl sites for hydroxylation is 1. The molecule has 0 aromatic carbocycles. The van der Waals surface area contributed by atoms with E-state index in [4.69, 9.17) is 26.4 Å². The topological polar surface area (TPSA) is 290 Å². The van der Waals surface area contributed by atoms with E-state index in [2.05, 4.69) is 56.2 Å². The second-order valence-electron chi connectivity index (χ2n) is 11.9. The van der Waals surface area contributed by atoms with E-state index in [9.17, 15) is 14.0 Å². The van der Waals surface area contributed by atoms with Crippen molar-refractivity contribution in [3.63, 3.8) is 0 Å². The fourth-order valence-corrected chi connectivity index (χ4v) is 5.09. The average Bonchev–Trinajstić information content (AvgIpc) is 3.85. The van der Waals surface area contributed by atoms with E-state index in [1.807, 2.05) is 37.4 Å². The zero-order valence-corrected chi connectivity index (χ0v) is 33.5. The van der Waals surface area contributed by atoms with Gasteiger partial charge >= 0.3 is 0 Å². The monoisotopic (exact) mass is 872 g/mol. The molecule has 0 bridgehead atoms. The first-order chi connectivity index (χ1) is 29.6. The van der Waals surface area contributed by atoms with Crippen LogP contribution in [-0.2, 0) is 20.1 Å². The van der Waals surface area contributed by atoms with Gasteiger partial charge in [-0.25, -0.2) is 29.3 Å². The van der Waals surface area contributed by atoms with Gasteiger partial charge < -0.3 is 41.7 Å². The summed E-state index contributed by atoms with van der Waals surface area (Å²) in [6, 6.07) is 20.3. The highest BCUT2D eigenvalue weighted by atomic mass is 19.1. The molecule has 7 aromatic rings. The third-order valence-electron chi connectivity index (χ3n) is 8.11. The van der Waals surface area contributed by atoms with E-state index < -0.39 is 11.7 Å². The number of carbonyl (C=O) groups excluding carboxylic acids is 1. The summed E-state index contributed by atoms with van der Waals surface area (Å²) in [5, 5.41) is 28.3. The molecule has 0 saturated heterocycles. The summed E-state index contributed by atoms with van der Waals surface area (Å²) in [5.74, 6) is -0.987. The molecule has 0 saturated carbocycles. The van der Waals surface area contributed by atoms with Gasteiger partial charge in [0, 0.05) is 77.3 Å². The number of hydrogen-bond donors (Lipinski definition) is 6. The molecule has 1 amide bonds. The Kier molecular flexibility index (Phi) is 22.8. The highest BCUT2D eigenvalue weighted by molar-refractivity contribution is 5.97. The Morgan fingerprint density at radius 3 is 1.81 bits per heavy atom. The van der Waals surface area contributed by atoms with Gasteiger partial charge in [0.05, 0.1) is 41.2 Å². The van der Waals surface area contributed by atoms with Crippen molar-refractivity contribution in [3.05, 3.63) is 149 Å². The van der Waals surface area contributed by atoms with Crippen molar-refractivity contribution < 1.29 is 13.6 Å². The Morgan fingerprint density at radius 1 is 0.750 bits per heavy atom. The third-order valence-corrected chi connectivity index (χ3v) is 8.11. The maximum absolute atomic E-state index is 12.9. The van der Waals surface area contributed by atoms with Crippen LogP contribution in [0.1, 0.15) is 55.5 Å². The molecule has 0 spiro atoms. The fraction of sp³-hybridized carbons (Fsp3) is 0.205. The number of nitrogen functional groups attached to an aromatic ring is 1. The Labute approximate surface area is 371 Å². The van der Waals surface area contributed by atoms with Crippen molar-refractivity contribution in [3.8, 4) is 35.0 Å². The van der Waals surface area contributed by atoms with Gasteiger partial charge in [0.2, 0.25) is 11.4 Å². The number of carbonyl (C=O) groups is 1. The number of nitrogens with one attached hydrogen (secondary N) is 4. The zero-order chi connectivity index (χ0) is 44.1. The van der Waals surface area contributed by atoms with Crippen molar-refractivity contribution in [2.75, 3.05) is 42.8 Å². The summed E-state index contributed by atoms with van der Waals surface area (Å²) < 4.78 is 19.1. The minimum atomic E-state index is -0.569. The average molecular weight is 873 g/mol. The molecule has 334 valence electrons. The second kappa shape index (κ2) is 27.3.